The van der Waals surface area contributed by atoms with Gasteiger partial charge in [0.05, 0.1) is 18.8 Å². The minimum atomic E-state index is 0. The van der Waals surface area contributed by atoms with Crippen molar-refractivity contribution >= 4 is 29.9 Å². The lowest BCUT2D eigenvalue weighted by atomic mass is 10.1. The van der Waals surface area contributed by atoms with Crippen LogP contribution in [-0.2, 0) is 6.42 Å². The van der Waals surface area contributed by atoms with Gasteiger partial charge in [-0.1, -0.05) is 30.3 Å². The van der Waals surface area contributed by atoms with Crippen molar-refractivity contribution in [3.05, 3.63) is 60.1 Å². The number of benzene rings is 1. The summed E-state index contributed by atoms with van der Waals surface area (Å²) in [4.78, 5) is 6.95. The smallest absolute Gasteiger partial charge is 0.191 e. The Morgan fingerprint density at radius 3 is 2.48 bits per heavy atom. The molecule has 1 aromatic carbocycles. The van der Waals surface area contributed by atoms with Gasteiger partial charge < -0.3 is 20.0 Å². The van der Waals surface area contributed by atoms with Crippen molar-refractivity contribution in [1.82, 2.24) is 15.5 Å². The first-order valence-electron chi connectivity index (χ1n) is 8.46. The SMILES string of the molecule is CCNC(=NCC(c1ccccc1)N(C)C)NCCc1ccco1.I. The molecule has 0 aliphatic heterocycles. The molecule has 0 aliphatic carbocycles. The molecule has 0 saturated carbocycles. The van der Waals surface area contributed by atoms with Gasteiger partial charge in [-0.3, -0.25) is 4.99 Å². The van der Waals surface area contributed by atoms with Gasteiger partial charge in [0.2, 0.25) is 0 Å². The summed E-state index contributed by atoms with van der Waals surface area (Å²) in [6.45, 7) is 4.40. The number of hydrogen-bond acceptors (Lipinski definition) is 3. The molecule has 1 atom stereocenters. The van der Waals surface area contributed by atoms with Crippen molar-refractivity contribution in [3.8, 4) is 0 Å². The topological polar surface area (TPSA) is 52.8 Å². The average Bonchev–Trinajstić information content (AvgIpc) is 3.09. The van der Waals surface area contributed by atoms with Crippen LogP contribution in [0.5, 0.6) is 0 Å². The van der Waals surface area contributed by atoms with Crippen molar-refractivity contribution in [2.45, 2.75) is 19.4 Å². The zero-order valence-electron chi connectivity index (χ0n) is 15.2. The van der Waals surface area contributed by atoms with E-state index < -0.39 is 0 Å². The summed E-state index contributed by atoms with van der Waals surface area (Å²) in [6.07, 6.45) is 2.55. The molecule has 0 saturated heterocycles. The van der Waals surface area contributed by atoms with Crippen molar-refractivity contribution in [2.75, 3.05) is 33.7 Å². The first kappa shape index (κ1) is 21.5. The minimum absolute atomic E-state index is 0. The molecule has 0 radical (unpaired) electrons. The Hall–Kier alpha value is -1.54. The maximum Gasteiger partial charge on any atom is 0.191 e. The van der Waals surface area contributed by atoms with E-state index in [1.807, 2.05) is 18.2 Å². The fourth-order valence-electron chi connectivity index (χ4n) is 2.52. The number of furan rings is 1. The Morgan fingerprint density at radius 2 is 1.88 bits per heavy atom. The second-order valence-electron chi connectivity index (χ2n) is 5.87. The molecule has 0 aliphatic rings. The summed E-state index contributed by atoms with van der Waals surface area (Å²) in [6, 6.07) is 14.6. The number of likely N-dealkylation sites (N-methyl/N-ethyl adjacent to an activating group) is 1. The van der Waals surface area contributed by atoms with E-state index in [1.54, 1.807) is 6.26 Å². The van der Waals surface area contributed by atoms with Gasteiger partial charge in [0.25, 0.3) is 0 Å². The molecular formula is C19H29IN4O. The highest BCUT2D eigenvalue weighted by Crippen LogP contribution is 2.17. The van der Waals surface area contributed by atoms with E-state index in [-0.39, 0.29) is 30.0 Å². The number of rotatable bonds is 8. The highest BCUT2D eigenvalue weighted by atomic mass is 127. The Labute approximate surface area is 167 Å². The molecule has 2 aromatic rings. The van der Waals surface area contributed by atoms with E-state index in [0.29, 0.717) is 6.54 Å². The van der Waals surface area contributed by atoms with Crippen LogP contribution < -0.4 is 10.6 Å². The number of guanidine groups is 1. The summed E-state index contributed by atoms with van der Waals surface area (Å²) in [5.41, 5.74) is 1.28. The van der Waals surface area contributed by atoms with Crippen molar-refractivity contribution in [3.63, 3.8) is 0 Å². The predicted molar refractivity (Wildman–Crippen MR) is 115 cm³/mol. The largest absolute Gasteiger partial charge is 0.469 e. The number of nitrogens with one attached hydrogen (secondary N) is 2. The first-order chi connectivity index (χ1) is 11.7. The van der Waals surface area contributed by atoms with Crippen LogP contribution in [0.4, 0.5) is 0 Å². The summed E-state index contributed by atoms with van der Waals surface area (Å²) in [7, 11) is 4.18. The Kier molecular flexibility index (Phi) is 10.3. The Morgan fingerprint density at radius 1 is 1.12 bits per heavy atom. The molecule has 6 heteroatoms. The quantitative estimate of drug-likeness (QED) is 0.364. The Balaban J connectivity index is 0.00000312. The molecule has 0 bridgehead atoms. The fraction of sp³-hybridized carbons (Fsp3) is 0.421. The van der Waals surface area contributed by atoms with Crippen molar-refractivity contribution in [1.29, 1.82) is 0 Å². The van der Waals surface area contributed by atoms with Gasteiger partial charge in [0.15, 0.2) is 5.96 Å². The highest BCUT2D eigenvalue weighted by molar-refractivity contribution is 14.0. The number of nitrogens with zero attached hydrogens (tertiary/aromatic N) is 2. The lowest BCUT2D eigenvalue weighted by Crippen LogP contribution is -2.39. The van der Waals surface area contributed by atoms with E-state index in [1.165, 1.54) is 5.56 Å². The normalized spacial score (nSPS) is 12.6. The fourth-order valence-corrected chi connectivity index (χ4v) is 2.52. The van der Waals surface area contributed by atoms with Crippen molar-refractivity contribution in [2.24, 2.45) is 4.99 Å². The van der Waals surface area contributed by atoms with Gasteiger partial charge in [0.1, 0.15) is 5.76 Å². The van der Waals surface area contributed by atoms with Gasteiger partial charge in [-0.05, 0) is 38.7 Å². The third kappa shape index (κ3) is 7.48. The molecule has 1 aromatic heterocycles. The van der Waals surface area contributed by atoms with Gasteiger partial charge >= 0.3 is 0 Å². The number of hydrogen-bond donors (Lipinski definition) is 2. The van der Waals surface area contributed by atoms with Crippen LogP contribution >= 0.6 is 24.0 Å². The average molecular weight is 456 g/mol. The van der Waals surface area contributed by atoms with Crippen molar-refractivity contribution < 1.29 is 4.42 Å². The second kappa shape index (κ2) is 11.9. The minimum Gasteiger partial charge on any atom is -0.469 e. The molecule has 2 rings (SSSR count). The second-order valence-corrected chi connectivity index (χ2v) is 5.87. The summed E-state index contributed by atoms with van der Waals surface area (Å²) >= 11 is 0. The summed E-state index contributed by atoms with van der Waals surface area (Å²) in [5, 5.41) is 6.66. The number of aliphatic imine (C=N–C) groups is 1. The van der Waals surface area contributed by atoms with Gasteiger partial charge in [0, 0.05) is 19.5 Å². The van der Waals surface area contributed by atoms with Crippen LogP contribution in [0, 0.1) is 0 Å². The van der Waals surface area contributed by atoms with E-state index in [4.69, 9.17) is 9.41 Å². The van der Waals surface area contributed by atoms with E-state index in [2.05, 4.69) is 60.8 Å². The lowest BCUT2D eigenvalue weighted by molar-refractivity contribution is 0.306. The molecule has 2 N–H and O–H groups in total. The third-order valence-electron chi connectivity index (χ3n) is 3.82. The molecule has 138 valence electrons. The Bertz CT molecular complexity index is 599. The summed E-state index contributed by atoms with van der Waals surface area (Å²) < 4.78 is 5.36. The lowest BCUT2D eigenvalue weighted by Gasteiger charge is -2.23. The van der Waals surface area contributed by atoms with E-state index in [0.717, 1.165) is 31.2 Å². The monoisotopic (exact) mass is 456 g/mol. The van der Waals surface area contributed by atoms with Crippen LogP contribution in [0.25, 0.3) is 0 Å². The van der Waals surface area contributed by atoms with Crippen LogP contribution in [0.15, 0.2) is 58.1 Å². The van der Waals surface area contributed by atoms with Gasteiger partial charge in [-0.25, -0.2) is 0 Å². The molecule has 25 heavy (non-hydrogen) atoms. The molecule has 1 unspecified atom stereocenters. The first-order valence-corrected chi connectivity index (χ1v) is 8.46. The van der Waals surface area contributed by atoms with Crippen LogP contribution in [0.2, 0.25) is 0 Å². The molecule has 0 fully saturated rings. The van der Waals surface area contributed by atoms with Gasteiger partial charge in [-0.15, -0.1) is 24.0 Å². The van der Waals surface area contributed by atoms with Crippen LogP contribution in [-0.4, -0.2) is 44.6 Å². The predicted octanol–water partition coefficient (Wildman–Crippen LogP) is 3.30. The van der Waals surface area contributed by atoms with Crippen LogP contribution in [0.3, 0.4) is 0 Å². The zero-order chi connectivity index (χ0) is 17.2. The maximum atomic E-state index is 5.36. The molecule has 0 spiro atoms. The maximum absolute atomic E-state index is 5.36. The molecule has 5 nitrogen and oxygen atoms in total. The van der Waals surface area contributed by atoms with Crippen LogP contribution in [0.1, 0.15) is 24.3 Å². The van der Waals surface area contributed by atoms with Gasteiger partial charge in [-0.2, -0.15) is 0 Å². The van der Waals surface area contributed by atoms with E-state index >= 15 is 0 Å². The van der Waals surface area contributed by atoms with E-state index in [9.17, 15) is 0 Å². The molecule has 0 amide bonds. The summed E-state index contributed by atoms with van der Waals surface area (Å²) in [5.74, 6) is 1.82. The molecule has 1 heterocycles. The zero-order valence-corrected chi connectivity index (χ0v) is 17.6. The highest BCUT2D eigenvalue weighted by Gasteiger charge is 2.13. The standard InChI is InChI=1S/C19H28N4O.HI/c1-4-20-19(21-13-12-17-11-8-14-24-17)22-15-18(23(2)3)16-9-6-5-7-10-16;/h5-11,14,18H,4,12-13,15H2,1-3H3,(H2,20,21,22);1H. The number of halogens is 1. The third-order valence-corrected chi connectivity index (χ3v) is 3.82. The molecular weight excluding hydrogens is 427 g/mol.